The zero-order valence-corrected chi connectivity index (χ0v) is 7.39. The number of hydrogen-bond acceptors (Lipinski definition) is 4. The summed E-state index contributed by atoms with van der Waals surface area (Å²) in [5, 5.41) is 3.92. The molecule has 5 nitrogen and oxygen atoms in total. The van der Waals surface area contributed by atoms with Crippen LogP contribution in [-0.2, 0) is 5.88 Å². The summed E-state index contributed by atoms with van der Waals surface area (Å²) in [6.45, 7) is 0. The normalized spacial score (nSPS) is 10.2. The Morgan fingerprint density at radius 3 is 2.92 bits per heavy atom. The smallest absolute Gasteiger partial charge is 0.173 e. The highest BCUT2D eigenvalue weighted by atomic mass is 35.5. The third kappa shape index (κ3) is 1.65. The first-order valence-electron chi connectivity index (χ1n) is 3.62. The molecular weight excluding hydrogens is 190 g/mol. The molecule has 6 heteroatoms. The summed E-state index contributed by atoms with van der Waals surface area (Å²) in [5.74, 6) is 0.964. The van der Waals surface area contributed by atoms with Crippen molar-refractivity contribution < 1.29 is 0 Å². The van der Waals surface area contributed by atoms with Crippen molar-refractivity contribution in [1.82, 2.24) is 24.7 Å². The number of alkyl halides is 1. The fourth-order valence-electron chi connectivity index (χ4n) is 0.896. The molecule has 0 saturated heterocycles. The molecule has 0 saturated carbocycles. The Labute approximate surface area is 79.4 Å². The lowest BCUT2D eigenvalue weighted by Crippen LogP contribution is -2.00. The van der Waals surface area contributed by atoms with Gasteiger partial charge in [0.1, 0.15) is 12.7 Å². The largest absolute Gasteiger partial charge is 0.259 e. The average Bonchev–Trinajstić information content (AvgIpc) is 2.71. The van der Waals surface area contributed by atoms with Crippen LogP contribution in [0, 0.1) is 0 Å². The third-order valence-electron chi connectivity index (χ3n) is 1.46. The first kappa shape index (κ1) is 8.12. The Bertz CT molecular complexity index is 386. The molecule has 2 heterocycles. The van der Waals surface area contributed by atoms with E-state index in [9.17, 15) is 0 Å². The van der Waals surface area contributed by atoms with E-state index in [1.165, 1.54) is 11.0 Å². The molecule has 0 unspecified atom stereocenters. The standard InChI is InChI=1S/C7H6ClN5/c8-1-6-2-9-3-7(12-6)13-5-10-4-11-13/h2-5H,1H2. The van der Waals surface area contributed by atoms with Gasteiger partial charge in [0.25, 0.3) is 0 Å². The summed E-state index contributed by atoms with van der Waals surface area (Å²) >= 11 is 5.61. The fourth-order valence-corrected chi connectivity index (χ4v) is 1.02. The first-order chi connectivity index (χ1) is 6.40. The highest BCUT2D eigenvalue weighted by Crippen LogP contribution is 2.02. The average molecular weight is 196 g/mol. The number of rotatable bonds is 2. The quantitative estimate of drug-likeness (QED) is 0.665. The third-order valence-corrected chi connectivity index (χ3v) is 1.74. The Hall–Kier alpha value is -1.49. The Kier molecular flexibility index (Phi) is 2.18. The monoisotopic (exact) mass is 195 g/mol. The maximum atomic E-state index is 5.61. The van der Waals surface area contributed by atoms with E-state index in [4.69, 9.17) is 11.6 Å². The zero-order chi connectivity index (χ0) is 9.10. The van der Waals surface area contributed by atoms with Gasteiger partial charge in [-0.05, 0) is 0 Å². The van der Waals surface area contributed by atoms with Crippen LogP contribution >= 0.6 is 11.6 Å². The fraction of sp³-hybridized carbons (Fsp3) is 0.143. The first-order valence-corrected chi connectivity index (χ1v) is 4.15. The van der Waals surface area contributed by atoms with E-state index in [-0.39, 0.29) is 0 Å². The van der Waals surface area contributed by atoms with E-state index in [0.29, 0.717) is 11.7 Å². The lowest BCUT2D eigenvalue weighted by atomic mass is 10.5. The van der Waals surface area contributed by atoms with E-state index in [0.717, 1.165) is 5.69 Å². The molecule has 0 aromatic carbocycles. The summed E-state index contributed by atoms with van der Waals surface area (Å²) < 4.78 is 1.53. The van der Waals surface area contributed by atoms with E-state index >= 15 is 0 Å². The van der Waals surface area contributed by atoms with Crippen molar-refractivity contribution in [2.45, 2.75) is 5.88 Å². The van der Waals surface area contributed by atoms with Crippen LogP contribution in [0.4, 0.5) is 0 Å². The van der Waals surface area contributed by atoms with Crippen LogP contribution in [0.3, 0.4) is 0 Å². The maximum Gasteiger partial charge on any atom is 0.173 e. The van der Waals surface area contributed by atoms with Crippen molar-refractivity contribution in [3.63, 3.8) is 0 Å². The highest BCUT2D eigenvalue weighted by molar-refractivity contribution is 6.16. The van der Waals surface area contributed by atoms with Crippen LogP contribution in [0.15, 0.2) is 25.0 Å². The Morgan fingerprint density at radius 2 is 2.23 bits per heavy atom. The van der Waals surface area contributed by atoms with Crippen molar-refractivity contribution in [3.8, 4) is 5.82 Å². The van der Waals surface area contributed by atoms with Crippen LogP contribution in [-0.4, -0.2) is 24.7 Å². The van der Waals surface area contributed by atoms with Gasteiger partial charge in [0.2, 0.25) is 0 Å². The summed E-state index contributed by atoms with van der Waals surface area (Å²) in [5.41, 5.74) is 0.717. The minimum Gasteiger partial charge on any atom is -0.259 e. The lowest BCUT2D eigenvalue weighted by Gasteiger charge is -1.99. The highest BCUT2D eigenvalue weighted by Gasteiger charge is 1.99. The molecule has 2 rings (SSSR count). The Balaban J connectivity index is 2.41. The van der Waals surface area contributed by atoms with E-state index in [1.807, 2.05) is 0 Å². The molecule has 13 heavy (non-hydrogen) atoms. The molecule has 66 valence electrons. The maximum absolute atomic E-state index is 5.61. The van der Waals surface area contributed by atoms with Gasteiger partial charge in [-0.25, -0.2) is 14.6 Å². The predicted octanol–water partition coefficient (Wildman–Crippen LogP) is 0.796. The van der Waals surface area contributed by atoms with Gasteiger partial charge < -0.3 is 0 Å². The molecule has 0 bridgehead atoms. The van der Waals surface area contributed by atoms with Crippen molar-refractivity contribution in [1.29, 1.82) is 0 Å². The van der Waals surface area contributed by atoms with E-state index in [2.05, 4.69) is 20.1 Å². The molecule has 0 aliphatic rings. The Morgan fingerprint density at radius 1 is 1.31 bits per heavy atom. The van der Waals surface area contributed by atoms with E-state index < -0.39 is 0 Å². The van der Waals surface area contributed by atoms with Gasteiger partial charge in [-0.2, -0.15) is 5.10 Å². The molecule has 0 aliphatic carbocycles. The summed E-state index contributed by atoms with van der Waals surface area (Å²) in [4.78, 5) is 12.0. The molecule has 0 aliphatic heterocycles. The van der Waals surface area contributed by atoms with Crippen LogP contribution in [0.2, 0.25) is 0 Å². The number of aromatic nitrogens is 5. The minimum atomic E-state index is 0.343. The molecule has 2 aromatic rings. The second-order valence-corrected chi connectivity index (χ2v) is 2.61. The van der Waals surface area contributed by atoms with Gasteiger partial charge in [-0.15, -0.1) is 11.6 Å². The number of hydrogen-bond donors (Lipinski definition) is 0. The van der Waals surface area contributed by atoms with Crippen LogP contribution in [0.5, 0.6) is 0 Å². The number of halogens is 1. The molecule has 0 atom stereocenters. The van der Waals surface area contributed by atoms with Gasteiger partial charge >= 0.3 is 0 Å². The van der Waals surface area contributed by atoms with E-state index in [1.54, 1.807) is 18.7 Å². The SMILES string of the molecule is ClCc1cncc(-n2cncn2)n1. The van der Waals surface area contributed by atoms with Gasteiger partial charge in [-0.1, -0.05) is 0 Å². The topological polar surface area (TPSA) is 56.5 Å². The van der Waals surface area contributed by atoms with Crippen molar-refractivity contribution >= 4 is 11.6 Å². The van der Waals surface area contributed by atoms with Gasteiger partial charge in [0.05, 0.1) is 17.8 Å². The molecule has 0 spiro atoms. The zero-order valence-electron chi connectivity index (χ0n) is 6.63. The van der Waals surface area contributed by atoms with Crippen LogP contribution in [0.25, 0.3) is 5.82 Å². The molecule has 0 amide bonds. The van der Waals surface area contributed by atoms with Crippen molar-refractivity contribution in [2.75, 3.05) is 0 Å². The van der Waals surface area contributed by atoms with Gasteiger partial charge in [0.15, 0.2) is 5.82 Å². The lowest BCUT2D eigenvalue weighted by molar-refractivity contribution is 0.827. The van der Waals surface area contributed by atoms with Crippen LogP contribution in [0.1, 0.15) is 5.69 Å². The second kappa shape index (κ2) is 3.49. The van der Waals surface area contributed by atoms with Gasteiger partial charge in [0, 0.05) is 6.20 Å². The summed E-state index contributed by atoms with van der Waals surface area (Å²) in [6, 6.07) is 0. The molecule has 2 aromatic heterocycles. The van der Waals surface area contributed by atoms with Crippen molar-refractivity contribution in [3.05, 3.63) is 30.7 Å². The van der Waals surface area contributed by atoms with Crippen molar-refractivity contribution in [2.24, 2.45) is 0 Å². The molecule has 0 N–H and O–H groups in total. The second-order valence-electron chi connectivity index (χ2n) is 2.34. The number of nitrogens with zero attached hydrogens (tertiary/aromatic N) is 5. The van der Waals surface area contributed by atoms with Gasteiger partial charge in [-0.3, -0.25) is 4.98 Å². The molecule has 0 fully saturated rings. The minimum absolute atomic E-state index is 0.343. The predicted molar refractivity (Wildman–Crippen MR) is 46.5 cm³/mol. The molecule has 0 radical (unpaired) electrons. The van der Waals surface area contributed by atoms with Crippen LogP contribution < -0.4 is 0 Å². The summed E-state index contributed by atoms with van der Waals surface area (Å²) in [7, 11) is 0. The summed E-state index contributed by atoms with van der Waals surface area (Å²) in [6.07, 6.45) is 6.22. The molecular formula is C7H6ClN5.